The molecule has 2 rings (SSSR count). The maximum absolute atomic E-state index is 12.0. The number of unbranched alkanes of at least 4 members (excludes halogenated alkanes) is 1. The lowest BCUT2D eigenvalue weighted by atomic mass is 10.2. The lowest BCUT2D eigenvalue weighted by Gasteiger charge is -2.06. The van der Waals surface area contributed by atoms with E-state index in [1.165, 1.54) is 7.05 Å². The molecule has 2 aromatic rings. The van der Waals surface area contributed by atoms with Gasteiger partial charge in [-0.2, -0.15) is 0 Å². The number of aliphatic hydroxyl groups excluding tert-OH is 1. The van der Waals surface area contributed by atoms with Crippen LogP contribution in [0.4, 0.5) is 0 Å². The van der Waals surface area contributed by atoms with Crippen LogP contribution >= 0.6 is 0 Å². The van der Waals surface area contributed by atoms with Crippen molar-refractivity contribution in [3.63, 3.8) is 0 Å². The highest BCUT2D eigenvalue weighted by atomic mass is 16.3. The van der Waals surface area contributed by atoms with Crippen LogP contribution in [0.1, 0.15) is 25.6 Å². The van der Waals surface area contributed by atoms with Gasteiger partial charge in [-0.05, 0) is 6.42 Å². The van der Waals surface area contributed by atoms with Gasteiger partial charge in [0.1, 0.15) is 11.5 Å². The SMILES string of the molecule is CCCCc1nc2c(=O)n(C)c(=O)[nH]c2n1CCO. The number of imidazole rings is 1. The van der Waals surface area contributed by atoms with Crippen molar-refractivity contribution in [2.24, 2.45) is 7.05 Å². The van der Waals surface area contributed by atoms with E-state index in [4.69, 9.17) is 5.11 Å². The van der Waals surface area contributed by atoms with Crippen LogP contribution in [0.25, 0.3) is 11.2 Å². The number of nitrogens with zero attached hydrogens (tertiary/aromatic N) is 3. The van der Waals surface area contributed by atoms with Crippen molar-refractivity contribution >= 4 is 11.2 Å². The maximum atomic E-state index is 12.0. The Morgan fingerprint density at radius 3 is 2.74 bits per heavy atom. The molecule has 0 saturated carbocycles. The topological polar surface area (TPSA) is 92.9 Å². The zero-order chi connectivity index (χ0) is 14.0. The van der Waals surface area contributed by atoms with Gasteiger partial charge in [-0.25, -0.2) is 9.78 Å². The summed E-state index contributed by atoms with van der Waals surface area (Å²) in [5, 5.41) is 9.12. The van der Waals surface area contributed by atoms with Crippen LogP contribution in [-0.4, -0.2) is 30.8 Å². The molecule has 0 aliphatic heterocycles. The highest BCUT2D eigenvalue weighted by Gasteiger charge is 2.15. The van der Waals surface area contributed by atoms with Crippen molar-refractivity contribution in [3.8, 4) is 0 Å². The molecule has 0 aliphatic rings. The molecule has 19 heavy (non-hydrogen) atoms. The van der Waals surface area contributed by atoms with Gasteiger partial charge in [0.2, 0.25) is 0 Å². The van der Waals surface area contributed by atoms with Crippen LogP contribution in [0.3, 0.4) is 0 Å². The second-order valence-electron chi connectivity index (χ2n) is 4.50. The molecule has 0 unspecified atom stereocenters. The molecule has 7 nitrogen and oxygen atoms in total. The van der Waals surface area contributed by atoms with Gasteiger partial charge in [0, 0.05) is 20.0 Å². The fourth-order valence-corrected chi connectivity index (χ4v) is 2.08. The van der Waals surface area contributed by atoms with Crippen LogP contribution < -0.4 is 11.2 Å². The van der Waals surface area contributed by atoms with Gasteiger partial charge in [0.15, 0.2) is 5.52 Å². The van der Waals surface area contributed by atoms with Gasteiger partial charge < -0.3 is 9.67 Å². The maximum Gasteiger partial charge on any atom is 0.329 e. The van der Waals surface area contributed by atoms with Crippen molar-refractivity contribution < 1.29 is 5.11 Å². The summed E-state index contributed by atoms with van der Waals surface area (Å²) in [6, 6.07) is 0. The van der Waals surface area contributed by atoms with Crippen LogP contribution in [-0.2, 0) is 20.0 Å². The van der Waals surface area contributed by atoms with Crippen molar-refractivity contribution in [1.82, 2.24) is 19.1 Å². The van der Waals surface area contributed by atoms with E-state index in [9.17, 15) is 9.59 Å². The average molecular weight is 266 g/mol. The van der Waals surface area contributed by atoms with Gasteiger partial charge in [0.25, 0.3) is 5.56 Å². The largest absolute Gasteiger partial charge is 0.395 e. The van der Waals surface area contributed by atoms with Crippen LogP contribution in [0.15, 0.2) is 9.59 Å². The third-order valence-corrected chi connectivity index (χ3v) is 3.16. The first-order valence-corrected chi connectivity index (χ1v) is 6.39. The zero-order valence-corrected chi connectivity index (χ0v) is 11.1. The Labute approximate surface area is 109 Å². The summed E-state index contributed by atoms with van der Waals surface area (Å²) in [5.74, 6) is 0.727. The molecular weight excluding hydrogens is 248 g/mol. The van der Waals surface area contributed by atoms with Gasteiger partial charge in [-0.1, -0.05) is 13.3 Å². The van der Waals surface area contributed by atoms with Gasteiger partial charge in [0.05, 0.1) is 6.61 Å². The Hall–Kier alpha value is -1.89. The first-order chi connectivity index (χ1) is 9.10. The first kappa shape index (κ1) is 13.5. The highest BCUT2D eigenvalue weighted by Crippen LogP contribution is 2.11. The smallest absolute Gasteiger partial charge is 0.329 e. The molecule has 104 valence electrons. The number of hydrogen-bond donors (Lipinski definition) is 2. The van der Waals surface area contributed by atoms with Crippen molar-refractivity contribution in [1.29, 1.82) is 0 Å². The van der Waals surface area contributed by atoms with E-state index < -0.39 is 11.2 Å². The van der Waals surface area contributed by atoms with E-state index in [2.05, 4.69) is 16.9 Å². The van der Waals surface area contributed by atoms with E-state index in [1.54, 1.807) is 4.57 Å². The normalized spacial score (nSPS) is 11.3. The van der Waals surface area contributed by atoms with Gasteiger partial charge in [-0.3, -0.25) is 14.3 Å². The minimum Gasteiger partial charge on any atom is -0.395 e. The summed E-state index contributed by atoms with van der Waals surface area (Å²) in [7, 11) is 1.41. The molecule has 0 fully saturated rings. The number of fused-ring (bicyclic) bond motifs is 1. The summed E-state index contributed by atoms with van der Waals surface area (Å²) in [4.78, 5) is 30.6. The minimum absolute atomic E-state index is 0.0676. The summed E-state index contributed by atoms with van der Waals surface area (Å²) in [6.45, 7) is 2.32. The van der Waals surface area contributed by atoms with Crippen molar-refractivity contribution in [2.75, 3.05) is 6.61 Å². The quantitative estimate of drug-likeness (QED) is 0.781. The Balaban J connectivity index is 2.69. The fourth-order valence-electron chi connectivity index (χ4n) is 2.08. The molecule has 0 spiro atoms. The van der Waals surface area contributed by atoms with Gasteiger partial charge in [-0.15, -0.1) is 0 Å². The molecule has 2 aromatic heterocycles. The van der Waals surface area contributed by atoms with E-state index in [1.807, 2.05) is 0 Å². The fraction of sp³-hybridized carbons (Fsp3) is 0.583. The summed E-state index contributed by atoms with van der Waals surface area (Å²) in [5.41, 5.74) is -0.235. The number of hydrogen-bond acceptors (Lipinski definition) is 4. The van der Waals surface area contributed by atoms with E-state index >= 15 is 0 Å². The lowest BCUT2D eigenvalue weighted by molar-refractivity contribution is 0.275. The number of aromatic nitrogens is 4. The number of H-pyrrole nitrogens is 1. The third-order valence-electron chi connectivity index (χ3n) is 3.16. The third kappa shape index (κ3) is 2.33. The summed E-state index contributed by atoms with van der Waals surface area (Å²) < 4.78 is 2.72. The van der Waals surface area contributed by atoms with Crippen molar-refractivity contribution in [3.05, 3.63) is 26.7 Å². The highest BCUT2D eigenvalue weighted by molar-refractivity contribution is 5.70. The van der Waals surface area contributed by atoms with Crippen LogP contribution in [0, 0.1) is 0 Å². The molecule has 0 saturated heterocycles. The standard InChI is InChI=1S/C12H18N4O3/c1-3-4-5-8-13-9-10(16(8)6-7-17)14-12(19)15(2)11(9)18/h17H,3-7H2,1-2H3,(H,14,19). The predicted molar refractivity (Wildman–Crippen MR) is 71.3 cm³/mol. The monoisotopic (exact) mass is 266 g/mol. The molecular formula is C12H18N4O3. The molecule has 0 atom stereocenters. The molecule has 2 heterocycles. The molecule has 0 aromatic carbocycles. The predicted octanol–water partition coefficient (Wildman–Crippen LogP) is -0.242. The lowest BCUT2D eigenvalue weighted by Crippen LogP contribution is -2.32. The number of aryl methyl sites for hydroxylation is 1. The Morgan fingerprint density at radius 2 is 2.11 bits per heavy atom. The summed E-state index contributed by atoms with van der Waals surface area (Å²) >= 11 is 0. The average Bonchev–Trinajstić information content (AvgIpc) is 2.73. The molecule has 0 radical (unpaired) electrons. The molecule has 0 aliphatic carbocycles. The van der Waals surface area contributed by atoms with E-state index in [0.29, 0.717) is 12.2 Å². The van der Waals surface area contributed by atoms with Crippen LogP contribution in [0.5, 0.6) is 0 Å². The minimum atomic E-state index is -0.473. The number of aromatic amines is 1. The van der Waals surface area contributed by atoms with E-state index in [-0.39, 0.29) is 12.1 Å². The van der Waals surface area contributed by atoms with E-state index in [0.717, 1.165) is 29.7 Å². The Kier molecular flexibility index (Phi) is 3.84. The Morgan fingerprint density at radius 1 is 1.37 bits per heavy atom. The molecule has 2 N–H and O–H groups in total. The van der Waals surface area contributed by atoms with Crippen LogP contribution in [0.2, 0.25) is 0 Å². The second-order valence-corrected chi connectivity index (χ2v) is 4.50. The summed E-state index contributed by atoms with van der Waals surface area (Å²) in [6.07, 6.45) is 2.67. The number of aliphatic hydroxyl groups is 1. The first-order valence-electron chi connectivity index (χ1n) is 6.39. The molecule has 0 amide bonds. The number of nitrogens with one attached hydrogen (secondary N) is 1. The molecule has 0 bridgehead atoms. The number of rotatable bonds is 5. The molecule has 7 heteroatoms. The van der Waals surface area contributed by atoms with Crippen molar-refractivity contribution in [2.45, 2.75) is 32.7 Å². The zero-order valence-electron chi connectivity index (χ0n) is 11.1. The second kappa shape index (κ2) is 5.40. The Bertz CT molecular complexity index is 695. The van der Waals surface area contributed by atoms with Gasteiger partial charge >= 0.3 is 5.69 Å².